The van der Waals surface area contributed by atoms with Gasteiger partial charge in [-0.25, -0.2) is 0 Å². The van der Waals surface area contributed by atoms with Gasteiger partial charge in [0.1, 0.15) is 12.4 Å². The summed E-state index contributed by atoms with van der Waals surface area (Å²) in [6.45, 7) is 1.76. The van der Waals surface area contributed by atoms with Gasteiger partial charge in [-0.3, -0.25) is 0 Å². The van der Waals surface area contributed by atoms with Crippen LogP contribution in [0.2, 0.25) is 0 Å². The van der Waals surface area contributed by atoms with Crippen LogP contribution in [0, 0.1) is 0 Å². The van der Waals surface area contributed by atoms with Crippen molar-refractivity contribution in [3.63, 3.8) is 0 Å². The number of nitrogens with zero attached hydrogens (tertiary/aromatic N) is 1. The predicted molar refractivity (Wildman–Crippen MR) is 51.0 cm³/mol. The summed E-state index contributed by atoms with van der Waals surface area (Å²) < 4.78 is 5.53. The lowest BCUT2D eigenvalue weighted by Gasteiger charge is -2.12. The van der Waals surface area contributed by atoms with Crippen molar-refractivity contribution in [1.29, 1.82) is 0 Å². The molecule has 0 unspecified atom stereocenters. The first-order valence-corrected chi connectivity index (χ1v) is 4.43. The maximum atomic E-state index is 5.53. The maximum absolute atomic E-state index is 5.53. The zero-order valence-electron chi connectivity index (χ0n) is 7.92. The first kappa shape index (κ1) is 9.33. The molecule has 0 N–H and O–H groups in total. The normalized spacial score (nSPS) is 16.4. The standard InChI is InChI=1S/C10H17NO/c1-11(2)8-9-12-10-6-4-3-5-7-10/h4,6-7H,3,5,8-9H2,1-2H3. The van der Waals surface area contributed by atoms with E-state index in [0.29, 0.717) is 0 Å². The Morgan fingerprint density at radius 3 is 2.83 bits per heavy atom. The summed E-state index contributed by atoms with van der Waals surface area (Å²) in [6.07, 6.45) is 8.63. The summed E-state index contributed by atoms with van der Waals surface area (Å²) in [7, 11) is 4.10. The van der Waals surface area contributed by atoms with Gasteiger partial charge < -0.3 is 9.64 Å². The van der Waals surface area contributed by atoms with Gasteiger partial charge in [-0.15, -0.1) is 0 Å². The zero-order valence-corrected chi connectivity index (χ0v) is 7.92. The van der Waals surface area contributed by atoms with Gasteiger partial charge in [0.15, 0.2) is 0 Å². The van der Waals surface area contributed by atoms with Crippen molar-refractivity contribution < 1.29 is 4.74 Å². The van der Waals surface area contributed by atoms with Crippen molar-refractivity contribution in [1.82, 2.24) is 4.90 Å². The lowest BCUT2D eigenvalue weighted by Crippen LogP contribution is -2.17. The Morgan fingerprint density at radius 1 is 1.42 bits per heavy atom. The van der Waals surface area contributed by atoms with E-state index in [4.69, 9.17) is 4.74 Å². The lowest BCUT2D eigenvalue weighted by molar-refractivity contribution is 0.191. The summed E-state index contributed by atoms with van der Waals surface area (Å²) in [4.78, 5) is 2.12. The van der Waals surface area contributed by atoms with Gasteiger partial charge >= 0.3 is 0 Å². The number of likely N-dealkylation sites (N-methyl/N-ethyl adjacent to an activating group) is 1. The highest BCUT2D eigenvalue weighted by atomic mass is 16.5. The van der Waals surface area contributed by atoms with Crippen molar-refractivity contribution in [2.75, 3.05) is 27.2 Å². The molecule has 1 rings (SSSR count). The quantitative estimate of drug-likeness (QED) is 0.633. The largest absolute Gasteiger partial charge is 0.493 e. The molecular formula is C10H17NO. The molecule has 0 fully saturated rings. The van der Waals surface area contributed by atoms with Gasteiger partial charge in [-0.05, 0) is 39.1 Å². The van der Waals surface area contributed by atoms with E-state index in [1.54, 1.807) is 0 Å². The number of hydrogen-bond acceptors (Lipinski definition) is 2. The molecule has 0 saturated carbocycles. The molecule has 0 amide bonds. The van der Waals surface area contributed by atoms with Gasteiger partial charge in [0, 0.05) is 6.54 Å². The van der Waals surface area contributed by atoms with Crippen molar-refractivity contribution in [2.45, 2.75) is 12.8 Å². The number of rotatable bonds is 4. The second-order valence-electron chi connectivity index (χ2n) is 3.24. The van der Waals surface area contributed by atoms with Gasteiger partial charge in [0.05, 0.1) is 0 Å². The Kier molecular flexibility index (Phi) is 3.88. The number of allylic oxidation sites excluding steroid dienone is 3. The Hall–Kier alpha value is -0.760. The van der Waals surface area contributed by atoms with E-state index in [0.717, 1.165) is 31.8 Å². The fraction of sp³-hybridized carbons (Fsp3) is 0.600. The van der Waals surface area contributed by atoms with Crippen molar-refractivity contribution >= 4 is 0 Å². The molecule has 0 aromatic rings. The monoisotopic (exact) mass is 167 g/mol. The fourth-order valence-electron chi connectivity index (χ4n) is 1.04. The van der Waals surface area contributed by atoms with Crippen LogP contribution < -0.4 is 0 Å². The minimum Gasteiger partial charge on any atom is -0.493 e. The van der Waals surface area contributed by atoms with Crippen LogP contribution in [0.5, 0.6) is 0 Å². The zero-order chi connectivity index (χ0) is 8.81. The van der Waals surface area contributed by atoms with Crippen LogP contribution in [0.1, 0.15) is 12.8 Å². The van der Waals surface area contributed by atoms with Gasteiger partial charge in [-0.1, -0.05) is 6.08 Å². The third kappa shape index (κ3) is 3.58. The Bertz CT molecular complexity index is 182. The summed E-state index contributed by atoms with van der Waals surface area (Å²) >= 11 is 0. The van der Waals surface area contributed by atoms with Gasteiger partial charge in [0.2, 0.25) is 0 Å². The molecule has 1 aliphatic carbocycles. The van der Waals surface area contributed by atoms with Crippen molar-refractivity contribution in [3.8, 4) is 0 Å². The molecule has 0 bridgehead atoms. The second kappa shape index (κ2) is 4.99. The van der Waals surface area contributed by atoms with Crippen LogP contribution in [0.3, 0.4) is 0 Å². The highest BCUT2D eigenvalue weighted by molar-refractivity contribution is 5.15. The maximum Gasteiger partial charge on any atom is 0.115 e. The molecular weight excluding hydrogens is 150 g/mol. The predicted octanol–water partition coefficient (Wildman–Crippen LogP) is 1.80. The van der Waals surface area contributed by atoms with E-state index in [9.17, 15) is 0 Å². The average molecular weight is 167 g/mol. The topological polar surface area (TPSA) is 12.5 Å². The Balaban J connectivity index is 2.14. The molecule has 0 heterocycles. The third-order valence-corrected chi connectivity index (χ3v) is 1.77. The molecule has 2 heteroatoms. The highest BCUT2D eigenvalue weighted by Gasteiger charge is 1.97. The van der Waals surface area contributed by atoms with E-state index in [-0.39, 0.29) is 0 Å². The molecule has 0 aliphatic heterocycles. The van der Waals surface area contributed by atoms with Crippen LogP contribution in [0.15, 0.2) is 24.0 Å². The Morgan fingerprint density at radius 2 is 2.25 bits per heavy atom. The van der Waals surface area contributed by atoms with E-state index in [2.05, 4.69) is 37.2 Å². The van der Waals surface area contributed by atoms with E-state index in [1.165, 1.54) is 0 Å². The summed E-state index contributed by atoms with van der Waals surface area (Å²) in [5.74, 6) is 1.03. The number of ether oxygens (including phenoxy) is 1. The molecule has 0 saturated heterocycles. The molecule has 1 aliphatic rings. The number of hydrogen-bond donors (Lipinski definition) is 0. The second-order valence-corrected chi connectivity index (χ2v) is 3.24. The van der Waals surface area contributed by atoms with Crippen LogP contribution in [0.4, 0.5) is 0 Å². The first-order chi connectivity index (χ1) is 5.79. The summed E-state index contributed by atoms with van der Waals surface area (Å²) in [6, 6.07) is 0. The molecule has 0 aromatic carbocycles. The van der Waals surface area contributed by atoms with Crippen LogP contribution in [0.25, 0.3) is 0 Å². The minimum atomic E-state index is 0.781. The van der Waals surface area contributed by atoms with Crippen LogP contribution >= 0.6 is 0 Å². The van der Waals surface area contributed by atoms with Gasteiger partial charge in [0.25, 0.3) is 0 Å². The van der Waals surface area contributed by atoms with Crippen LogP contribution in [-0.4, -0.2) is 32.1 Å². The molecule has 68 valence electrons. The SMILES string of the molecule is CN(C)CCOC1=CCCC=C1. The van der Waals surface area contributed by atoms with Gasteiger partial charge in [-0.2, -0.15) is 0 Å². The first-order valence-electron chi connectivity index (χ1n) is 4.43. The van der Waals surface area contributed by atoms with Crippen molar-refractivity contribution in [2.24, 2.45) is 0 Å². The molecule has 0 spiro atoms. The van der Waals surface area contributed by atoms with E-state index < -0.39 is 0 Å². The van der Waals surface area contributed by atoms with E-state index in [1.807, 2.05) is 0 Å². The molecule has 2 nitrogen and oxygen atoms in total. The smallest absolute Gasteiger partial charge is 0.115 e. The van der Waals surface area contributed by atoms with Crippen LogP contribution in [-0.2, 0) is 4.74 Å². The highest BCUT2D eigenvalue weighted by Crippen LogP contribution is 2.10. The fourth-order valence-corrected chi connectivity index (χ4v) is 1.04. The van der Waals surface area contributed by atoms with E-state index >= 15 is 0 Å². The minimum absolute atomic E-state index is 0.781. The molecule has 0 radical (unpaired) electrons. The molecule has 0 aromatic heterocycles. The lowest BCUT2D eigenvalue weighted by atomic mass is 10.2. The summed E-state index contributed by atoms with van der Waals surface area (Å²) in [5.41, 5.74) is 0. The third-order valence-electron chi connectivity index (χ3n) is 1.77. The molecule has 12 heavy (non-hydrogen) atoms. The van der Waals surface area contributed by atoms with Crippen molar-refractivity contribution in [3.05, 3.63) is 24.0 Å². The Labute approximate surface area is 74.5 Å². The molecule has 0 atom stereocenters. The average Bonchev–Trinajstić information content (AvgIpc) is 2.05. The summed E-state index contributed by atoms with van der Waals surface area (Å²) in [5, 5.41) is 0.